The number of unbranched alkanes of at least 4 members (excludes halogenated alkanes) is 14. The van der Waals surface area contributed by atoms with Gasteiger partial charge in [-0.3, -0.25) is 23.2 Å². The topological polar surface area (TPSA) is 216 Å². The Hall–Kier alpha value is -1.96. The molecule has 0 aromatic carbocycles. The van der Waals surface area contributed by atoms with Crippen molar-refractivity contribution >= 4 is 27.6 Å². The van der Waals surface area contributed by atoms with Gasteiger partial charge in [0.15, 0.2) is 6.10 Å². The highest BCUT2D eigenvalue weighted by molar-refractivity contribution is 7.47. The molecule has 14 nitrogen and oxygen atoms in total. The van der Waals surface area contributed by atoms with Gasteiger partial charge in [-0.05, 0) is 70.6 Å². The quantitative estimate of drug-likeness (QED) is 0.0167. The van der Waals surface area contributed by atoms with E-state index in [1.807, 2.05) is 12.2 Å². The Bertz CT molecular complexity index is 1290. The summed E-state index contributed by atoms with van der Waals surface area (Å²) in [6.07, 6.45) is 36.7. The molecule has 0 heterocycles. The van der Waals surface area contributed by atoms with Crippen molar-refractivity contribution in [3.63, 3.8) is 0 Å². The average Bonchev–Trinajstić information content (AvgIpc) is 3.19. The molecule has 1 unspecified atom stereocenters. The Balaban J connectivity index is 4.58. The van der Waals surface area contributed by atoms with Crippen molar-refractivity contribution in [2.45, 2.75) is 193 Å². The molecule has 0 saturated carbocycles. The molecule has 5 N–H and O–H groups in total. The Morgan fingerprint density at radius 3 is 1.46 bits per heavy atom. The lowest BCUT2D eigenvalue weighted by Crippen LogP contribution is -2.29. The number of carbonyl (C=O) groups excluding carboxylic acids is 2. The van der Waals surface area contributed by atoms with E-state index < -0.39 is 66.2 Å². The standard InChI is InChI=1S/C45H82O14P2/c1-40(2)32-28-24-20-16-12-8-7-11-14-18-22-26-30-34-44(48)55-38-43(39-58-61(53,54)57-37-42(47)36-56-60(50,51)52)59-45(49)35-31-27-23-19-15-10-6-4-5-9-13-17-21-25-29-33-41(3)46/h5-6,9-10,17,19,21,23,40-43,46-47H,4,7-8,11-16,18,20,22,24-39H2,1-3H3,(H,53,54)(H2,50,51,52)/b9-5-,10-6-,21-17-,23-19-/t41-,42-,43+/m0/s1. The van der Waals surface area contributed by atoms with E-state index >= 15 is 0 Å². The molecule has 0 fully saturated rings. The molecule has 0 aliphatic heterocycles. The molecule has 0 radical (unpaired) electrons. The number of hydrogen-bond acceptors (Lipinski definition) is 11. The number of aliphatic hydroxyl groups excluding tert-OH is 2. The second-order valence-corrected chi connectivity index (χ2v) is 18.8. The van der Waals surface area contributed by atoms with Crippen molar-refractivity contribution in [2.24, 2.45) is 5.92 Å². The minimum atomic E-state index is -4.87. The first kappa shape index (κ1) is 59.0. The Kier molecular flexibility index (Phi) is 38.3. The number of allylic oxidation sites excluding steroid dienone is 8. The summed E-state index contributed by atoms with van der Waals surface area (Å²) in [4.78, 5) is 52.7. The minimum Gasteiger partial charge on any atom is -0.462 e. The predicted molar refractivity (Wildman–Crippen MR) is 240 cm³/mol. The van der Waals surface area contributed by atoms with Crippen LogP contribution in [0.15, 0.2) is 48.6 Å². The third-order valence-electron chi connectivity index (χ3n) is 9.41. The van der Waals surface area contributed by atoms with Crippen molar-refractivity contribution < 1.29 is 66.7 Å². The summed E-state index contributed by atoms with van der Waals surface area (Å²) in [6, 6.07) is 0. The number of aliphatic hydroxyl groups is 2. The van der Waals surface area contributed by atoms with E-state index in [-0.39, 0.29) is 18.9 Å². The van der Waals surface area contributed by atoms with Crippen molar-refractivity contribution in [1.82, 2.24) is 0 Å². The van der Waals surface area contributed by atoms with Crippen LogP contribution in [0.5, 0.6) is 0 Å². The van der Waals surface area contributed by atoms with Gasteiger partial charge in [-0.25, -0.2) is 9.13 Å². The predicted octanol–water partition coefficient (Wildman–Crippen LogP) is 10.7. The molecule has 0 amide bonds. The Morgan fingerprint density at radius 2 is 0.951 bits per heavy atom. The van der Waals surface area contributed by atoms with Crippen LogP contribution in [-0.4, -0.2) is 81.6 Å². The van der Waals surface area contributed by atoms with Crippen LogP contribution in [0.3, 0.4) is 0 Å². The highest BCUT2D eigenvalue weighted by Gasteiger charge is 2.28. The SMILES string of the molecule is CC(C)CCCCCCCCCCCCCCCC(=O)OC[C@H](COP(=O)(O)OC[C@@H](O)COP(=O)(O)O)OC(=O)CCC/C=C\C/C=C\C/C=C\C/C=C\CCC[C@H](C)O. The Morgan fingerprint density at radius 1 is 0.508 bits per heavy atom. The molecule has 16 heteroatoms. The van der Waals surface area contributed by atoms with Crippen LogP contribution in [0.2, 0.25) is 0 Å². The van der Waals surface area contributed by atoms with Crippen LogP contribution < -0.4 is 0 Å². The summed E-state index contributed by atoms with van der Waals surface area (Å²) >= 11 is 0. The zero-order valence-corrected chi connectivity index (χ0v) is 39.3. The molecule has 61 heavy (non-hydrogen) atoms. The normalized spacial score (nSPS) is 15.0. The van der Waals surface area contributed by atoms with Gasteiger partial charge in [0, 0.05) is 12.8 Å². The fraction of sp³-hybridized carbons (Fsp3) is 0.778. The second kappa shape index (κ2) is 39.6. The first-order valence-electron chi connectivity index (χ1n) is 22.7. The third kappa shape index (κ3) is 45.9. The Labute approximate surface area is 367 Å². The lowest BCUT2D eigenvalue weighted by molar-refractivity contribution is -0.161. The van der Waals surface area contributed by atoms with Gasteiger partial charge < -0.3 is 34.4 Å². The van der Waals surface area contributed by atoms with Gasteiger partial charge in [0.1, 0.15) is 12.7 Å². The van der Waals surface area contributed by atoms with E-state index in [1.54, 1.807) is 6.92 Å². The average molecular weight is 909 g/mol. The van der Waals surface area contributed by atoms with E-state index in [1.165, 1.54) is 64.2 Å². The fourth-order valence-corrected chi connectivity index (χ4v) is 7.11. The van der Waals surface area contributed by atoms with E-state index in [2.05, 4.69) is 59.4 Å². The largest absolute Gasteiger partial charge is 0.472 e. The van der Waals surface area contributed by atoms with E-state index in [4.69, 9.17) is 23.8 Å². The van der Waals surface area contributed by atoms with Gasteiger partial charge in [-0.15, -0.1) is 0 Å². The van der Waals surface area contributed by atoms with Crippen molar-refractivity contribution in [3.05, 3.63) is 48.6 Å². The summed E-state index contributed by atoms with van der Waals surface area (Å²) in [6.45, 7) is 3.57. The highest BCUT2D eigenvalue weighted by atomic mass is 31.2. The van der Waals surface area contributed by atoms with Gasteiger partial charge in [0.2, 0.25) is 0 Å². The summed E-state index contributed by atoms with van der Waals surface area (Å²) < 4.78 is 47.7. The molecule has 4 atom stereocenters. The summed E-state index contributed by atoms with van der Waals surface area (Å²) in [7, 11) is -9.70. The molecular weight excluding hydrogens is 826 g/mol. The number of esters is 2. The van der Waals surface area contributed by atoms with Gasteiger partial charge in [-0.2, -0.15) is 0 Å². The van der Waals surface area contributed by atoms with Gasteiger partial charge in [0.25, 0.3) is 0 Å². The monoisotopic (exact) mass is 909 g/mol. The first-order chi connectivity index (χ1) is 29.1. The number of ether oxygens (including phenoxy) is 2. The zero-order valence-electron chi connectivity index (χ0n) is 37.5. The molecular formula is C45H82O14P2. The number of carbonyl (C=O) groups is 2. The summed E-state index contributed by atoms with van der Waals surface area (Å²) in [5.41, 5.74) is 0. The van der Waals surface area contributed by atoms with Crippen LogP contribution in [-0.2, 0) is 41.8 Å². The molecule has 0 spiro atoms. The fourth-order valence-electron chi connectivity index (χ4n) is 5.96. The van der Waals surface area contributed by atoms with Crippen LogP contribution in [0, 0.1) is 5.92 Å². The van der Waals surface area contributed by atoms with E-state index in [0.717, 1.165) is 63.7 Å². The molecule has 0 bridgehead atoms. The molecule has 0 aliphatic rings. The van der Waals surface area contributed by atoms with E-state index in [0.29, 0.717) is 19.3 Å². The lowest BCUT2D eigenvalue weighted by Gasteiger charge is -2.20. The van der Waals surface area contributed by atoms with Crippen LogP contribution in [0.1, 0.15) is 175 Å². The first-order valence-corrected chi connectivity index (χ1v) is 25.7. The van der Waals surface area contributed by atoms with Gasteiger partial charge in [-0.1, -0.05) is 146 Å². The summed E-state index contributed by atoms with van der Waals surface area (Å²) in [5.74, 6) is -0.312. The third-order valence-corrected chi connectivity index (χ3v) is 10.8. The number of rotatable bonds is 42. The number of phosphoric ester groups is 2. The van der Waals surface area contributed by atoms with Crippen molar-refractivity contribution in [1.29, 1.82) is 0 Å². The van der Waals surface area contributed by atoms with E-state index in [9.17, 15) is 33.8 Å². The number of hydrogen-bond donors (Lipinski definition) is 5. The molecule has 0 aliphatic carbocycles. The maximum absolute atomic E-state index is 12.7. The van der Waals surface area contributed by atoms with Crippen molar-refractivity contribution in [3.8, 4) is 0 Å². The van der Waals surface area contributed by atoms with Crippen LogP contribution in [0.4, 0.5) is 0 Å². The highest BCUT2D eigenvalue weighted by Crippen LogP contribution is 2.43. The number of phosphoric acid groups is 2. The van der Waals surface area contributed by atoms with Crippen molar-refractivity contribution in [2.75, 3.05) is 26.4 Å². The maximum atomic E-state index is 12.7. The van der Waals surface area contributed by atoms with Gasteiger partial charge in [0.05, 0.1) is 25.9 Å². The molecule has 0 saturated heterocycles. The zero-order chi connectivity index (χ0) is 45.5. The van der Waals surface area contributed by atoms with Crippen LogP contribution in [0.25, 0.3) is 0 Å². The minimum absolute atomic E-state index is 0.0437. The smallest absolute Gasteiger partial charge is 0.462 e. The molecule has 0 aromatic heterocycles. The molecule has 0 aromatic rings. The molecule has 356 valence electrons. The summed E-state index contributed by atoms with van der Waals surface area (Å²) in [5, 5.41) is 19.0. The maximum Gasteiger partial charge on any atom is 0.472 e. The second-order valence-electron chi connectivity index (χ2n) is 16.1. The van der Waals surface area contributed by atoms with Gasteiger partial charge >= 0.3 is 27.6 Å². The van der Waals surface area contributed by atoms with Crippen LogP contribution >= 0.6 is 15.6 Å². The molecule has 0 rings (SSSR count). The lowest BCUT2D eigenvalue weighted by atomic mass is 10.0.